The van der Waals surface area contributed by atoms with Crippen LogP contribution in [0.4, 0.5) is 0 Å². The van der Waals surface area contributed by atoms with Crippen molar-refractivity contribution in [3.05, 3.63) is 75.8 Å². The van der Waals surface area contributed by atoms with E-state index in [2.05, 4.69) is 51.4 Å². The molecular weight excluding hydrogens is 396 g/mol. The van der Waals surface area contributed by atoms with Crippen molar-refractivity contribution in [2.45, 2.75) is 45.2 Å². The van der Waals surface area contributed by atoms with E-state index in [0.717, 1.165) is 55.6 Å². The summed E-state index contributed by atoms with van der Waals surface area (Å²) in [4.78, 5) is 21.6. The number of benzene rings is 1. The van der Waals surface area contributed by atoms with Crippen LogP contribution in [-0.2, 0) is 19.4 Å². The maximum absolute atomic E-state index is 11.7. The zero-order valence-electron chi connectivity index (χ0n) is 17.6. The van der Waals surface area contributed by atoms with Crippen molar-refractivity contribution >= 4 is 23.3 Å². The second kappa shape index (κ2) is 10.7. The molecule has 4 rings (SSSR count). The van der Waals surface area contributed by atoms with Gasteiger partial charge in [0.05, 0.1) is 11.2 Å². The molecule has 0 aliphatic carbocycles. The van der Waals surface area contributed by atoms with Gasteiger partial charge in [-0.25, -0.2) is 0 Å². The van der Waals surface area contributed by atoms with Crippen LogP contribution in [0, 0.1) is 0 Å². The molecule has 1 saturated heterocycles. The zero-order chi connectivity index (χ0) is 20.1. The fraction of sp³-hybridized carbons (Fsp3) is 0.417. The van der Waals surface area contributed by atoms with Gasteiger partial charge in [-0.05, 0) is 55.6 Å². The van der Waals surface area contributed by atoms with Crippen molar-refractivity contribution in [2.24, 2.45) is 0 Å². The molecule has 0 radical (unpaired) electrons. The first-order valence-corrected chi connectivity index (χ1v) is 10.7. The number of piperidine rings is 1. The Morgan fingerprint density at radius 1 is 1.07 bits per heavy atom. The third-order valence-corrected chi connectivity index (χ3v) is 6.00. The summed E-state index contributed by atoms with van der Waals surface area (Å²) in [7, 11) is 0. The molecule has 30 heavy (non-hydrogen) atoms. The minimum Gasteiger partial charge on any atom is -0.320 e. The highest BCUT2D eigenvalue weighted by atomic mass is 35.5. The van der Waals surface area contributed by atoms with E-state index in [-0.39, 0.29) is 18.0 Å². The predicted octanol–water partition coefficient (Wildman–Crippen LogP) is 3.70. The van der Waals surface area contributed by atoms with E-state index in [9.17, 15) is 4.79 Å². The molecule has 0 amide bonds. The first kappa shape index (κ1) is 22.5. The van der Waals surface area contributed by atoms with Crippen LogP contribution in [0.15, 0.2) is 53.5 Å². The molecule has 3 aromatic rings. The quantitative estimate of drug-likeness (QED) is 0.604. The van der Waals surface area contributed by atoms with E-state index in [1.165, 1.54) is 24.0 Å². The highest BCUT2D eigenvalue weighted by Gasteiger charge is 2.19. The number of nitrogens with one attached hydrogen (secondary N) is 2. The molecule has 2 aromatic heterocycles. The maximum Gasteiger partial charge on any atom is 0.248 e. The van der Waals surface area contributed by atoms with E-state index < -0.39 is 0 Å². The maximum atomic E-state index is 11.7. The molecule has 0 unspecified atom stereocenters. The topological polar surface area (TPSA) is 61.0 Å². The highest BCUT2D eigenvalue weighted by Crippen LogP contribution is 2.16. The molecule has 5 nitrogen and oxygen atoms in total. The number of halogens is 1. The Morgan fingerprint density at radius 2 is 1.80 bits per heavy atom. The van der Waals surface area contributed by atoms with Gasteiger partial charge in [-0.2, -0.15) is 0 Å². The molecule has 3 heterocycles. The fourth-order valence-corrected chi connectivity index (χ4v) is 4.10. The smallest absolute Gasteiger partial charge is 0.248 e. The second-order valence-corrected chi connectivity index (χ2v) is 7.96. The monoisotopic (exact) mass is 426 g/mol. The van der Waals surface area contributed by atoms with E-state index in [0.29, 0.717) is 6.04 Å². The first-order valence-electron chi connectivity index (χ1n) is 10.7. The minimum absolute atomic E-state index is 0. The van der Waals surface area contributed by atoms with Gasteiger partial charge < -0.3 is 15.2 Å². The fourth-order valence-electron chi connectivity index (χ4n) is 4.10. The number of pyridine rings is 2. The zero-order valence-corrected chi connectivity index (χ0v) is 18.4. The number of aromatic nitrogens is 2. The molecule has 0 spiro atoms. The largest absolute Gasteiger partial charge is 0.320 e. The summed E-state index contributed by atoms with van der Waals surface area (Å²) in [5, 5.41) is 4.77. The number of aryl methyl sites for hydroxylation is 1. The van der Waals surface area contributed by atoms with Crippen LogP contribution in [0.2, 0.25) is 0 Å². The average molecular weight is 427 g/mol. The van der Waals surface area contributed by atoms with Gasteiger partial charge in [0.2, 0.25) is 5.56 Å². The lowest BCUT2D eigenvalue weighted by atomic mass is 10.0. The summed E-state index contributed by atoms with van der Waals surface area (Å²) < 4.78 is 0. The van der Waals surface area contributed by atoms with Gasteiger partial charge in [0.1, 0.15) is 0 Å². The van der Waals surface area contributed by atoms with Gasteiger partial charge in [0.15, 0.2) is 0 Å². The molecule has 1 fully saturated rings. The number of rotatable bonds is 7. The van der Waals surface area contributed by atoms with Crippen LogP contribution in [0.5, 0.6) is 0 Å². The summed E-state index contributed by atoms with van der Waals surface area (Å²) >= 11 is 0. The van der Waals surface area contributed by atoms with E-state index >= 15 is 0 Å². The van der Waals surface area contributed by atoms with Crippen molar-refractivity contribution < 1.29 is 0 Å². The van der Waals surface area contributed by atoms with Crippen molar-refractivity contribution in [1.82, 2.24) is 20.2 Å². The Kier molecular flexibility index (Phi) is 8.02. The molecular formula is C24H31ClN4O. The Bertz CT molecular complexity index is 994. The summed E-state index contributed by atoms with van der Waals surface area (Å²) in [5.41, 5.74) is 4.55. The Labute approximate surface area is 184 Å². The number of hydrogen-bond acceptors (Lipinski definition) is 4. The molecule has 0 bridgehead atoms. The number of fused-ring (bicyclic) bond motifs is 1. The number of likely N-dealkylation sites (tertiary alicyclic amines) is 1. The van der Waals surface area contributed by atoms with Crippen LogP contribution in [0.3, 0.4) is 0 Å². The van der Waals surface area contributed by atoms with Crippen LogP contribution >= 0.6 is 12.4 Å². The molecule has 160 valence electrons. The van der Waals surface area contributed by atoms with E-state index in [4.69, 9.17) is 0 Å². The molecule has 0 atom stereocenters. The Balaban J connectivity index is 0.00000256. The molecule has 1 aromatic carbocycles. The first-order chi connectivity index (χ1) is 14.2. The Morgan fingerprint density at radius 3 is 2.53 bits per heavy atom. The second-order valence-electron chi connectivity index (χ2n) is 7.96. The summed E-state index contributed by atoms with van der Waals surface area (Å²) in [6.45, 7) is 6.33. The highest BCUT2D eigenvalue weighted by molar-refractivity contribution is 5.85. The summed E-state index contributed by atoms with van der Waals surface area (Å²) in [6.07, 6.45) is 6.13. The lowest BCUT2D eigenvalue weighted by molar-refractivity contribution is 0.199. The van der Waals surface area contributed by atoms with E-state index in [1.807, 2.05) is 18.3 Å². The van der Waals surface area contributed by atoms with E-state index in [1.54, 1.807) is 6.07 Å². The van der Waals surface area contributed by atoms with Crippen molar-refractivity contribution in [3.8, 4) is 0 Å². The Hall–Kier alpha value is -2.21. The summed E-state index contributed by atoms with van der Waals surface area (Å²) in [6, 6.07) is 14.9. The number of hydrogen-bond donors (Lipinski definition) is 2. The lowest BCUT2D eigenvalue weighted by Gasteiger charge is -2.32. The van der Waals surface area contributed by atoms with Gasteiger partial charge in [-0.3, -0.25) is 9.78 Å². The normalized spacial score (nSPS) is 15.2. The van der Waals surface area contributed by atoms with Crippen LogP contribution in [0.1, 0.15) is 36.6 Å². The molecule has 1 aliphatic heterocycles. The van der Waals surface area contributed by atoms with Crippen LogP contribution in [0.25, 0.3) is 10.9 Å². The summed E-state index contributed by atoms with van der Waals surface area (Å²) in [5.74, 6) is 0. The van der Waals surface area contributed by atoms with Crippen LogP contribution in [-0.4, -0.2) is 40.5 Å². The molecule has 1 aliphatic rings. The lowest BCUT2D eigenvalue weighted by Crippen LogP contribution is -2.42. The van der Waals surface area contributed by atoms with Crippen LogP contribution < -0.4 is 10.9 Å². The van der Waals surface area contributed by atoms with Gasteiger partial charge in [-0.1, -0.05) is 31.2 Å². The average Bonchev–Trinajstić information content (AvgIpc) is 2.77. The minimum atomic E-state index is -0.0667. The van der Waals surface area contributed by atoms with Gasteiger partial charge in [0, 0.05) is 43.2 Å². The number of nitrogens with zero attached hydrogens (tertiary/aromatic N) is 2. The van der Waals surface area contributed by atoms with Crippen molar-refractivity contribution in [1.29, 1.82) is 0 Å². The van der Waals surface area contributed by atoms with Gasteiger partial charge in [0.25, 0.3) is 0 Å². The number of aromatic amines is 1. The number of H-pyrrole nitrogens is 1. The molecule has 0 saturated carbocycles. The van der Waals surface area contributed by atoms with Crippen molar-refractivity contribution in [2.75, 3.05) is 19.6 Å². The van der Waals surface area contributed by atoms with Gasteiger partial charge in [-0.15, -0.1) is 12.4 Å². The molecule has 6 heteroatoms. The SMILES string of the molecule is CCc1ccc(CNC2CCN(CCc3nccc4ccc(=O)[nH]c34)CC2)cc1.Cl. The predicted molar refractivity (Wildman–Crippen MR) is 125 cm³/mol. The van der Waals surface area contributed by atoms with Crippen molar-refractivity contribution in [3.63, 3.8) is 0 Å². The molecule has 2 N–H and O–H groups in total. The third kappa shape index (κ3) is 5.69. The third-order valence-electron chi connectivity index (χ3n) is 6.00. The van der Waals surface area contributed by atoms with Gasteiger partial charge >= 0.3 is 0 Å². The standard InChI is InChI=1S/C24H30N4O.ClH/c1-2-18-3-5-19(6-4-18)17-26-21-10-14-28(15-11-21)16-12-22-24-20(9-13-25-22)7-8-23(29)27-24;/h3-9,13,21,26H,2,10-12,14-17H2,1H3,(H,27,29);1H.